The number of aromatic nitrogens is 1. The second-order valence-electron chi connectivity index (χ2n) is 3.83. The van der Waals surface area contributed by atoms with E-state index in [1.54, 1.807) is 0 Å². The van der Waals surface area contributed by atoms with Crippen LogP contribution >= 0.6 is 11.6 Å². The molecule has 0 bridgehead atoms. The fourth-order valence-corrected chi connectivity index (χ4v) is 1.87. The second-order valence-corrected chi connectivity index (χ2v) is 4.22. The highest BCUT2D eigenvalue weighted by Crippen LogP contribution is 2.18. The second kappa shape index (κ2) is 5.21. The first-order valence-corrected chi connectivity index (χ1v) is 5.71. The zero-order chi connectivity index (χ0) is 13.1. The number of nitrogen functional groups attached to an aromatic ring is 1. The maximum Gasteiger partial charge on any atom is 0.256 e. The van der Waals surface area contributed by atoms with E-state index in [0.717, 1.165) is 0 Å². The van der Waals surface area contributed by atoms with Crippen molar-refractivity contribution in [3.05, 3.63) is 23.0 Å². The van der Waals surface area contributed by atoms with Gasteiger partial charge in [0.2, 0.25) is 0 Å². The van der Waals surface area contributed by atoms with E-state index in [9.17, 15) is 4.79 Å². The van der Waals surface area contributed by atoms with Crippen LogP contribution in [0.4, 0.5) is 5.69 Å². The highest BCUT2D eigenvalue weighted by atomic mass is 35.5. The summed E-state index contributed by atoms with van der Waals surface area (Å²) in [4.78, 5) is 17.5. The Morgan fingerprint density at radius 1 is 1.72 bits per heavy atom. The number of hydrogen-bond donors (Lipinski definition) is 1. The molecule has 0 aliphatic carbocycles. The summed E-state index contributed by atoms with van der Waals surface area (Å²) in [5.74, 6) is -0.264. The molecule has 2 heterocycles. The van der Waals surface area contributed by atoms with Gasteiger partial charge >= 0.3 is 0 Å². The first-order chi connectivity index (χ1) is 8.61. The van der Waals surface area contributed by atoms with Crippen molar-refractivity contribution >= 4 is 23.2 Å². The fourth-order valence-electron chi connectivity index (χ4n) is 1.71. The Kier molecular flexibility index (Phi) is 3.65. The number of nitriles is 1. The lowest BCUT2D eigenvalue weighted by Gasteiger charge is -2.30. The van der Waals surface area contributed by atoms with Gasteiger partial charge in [-0.2, -0.15) is 5.26 Å². The Labute approximate surface area is 109 Å². The van der Waals surface area contributed by atoms with Gasteiger partial charge < -0.3 is 15.4 Å². The van der Waals surface area contributed by atoms with Gasteiger partial charge in [-0.05, 0) is 6.07 Å². The topological polar surface area (TPSA) is 92.2 Å². The van der Waals surface area contributed by atoms with Gasteiger partial charge in [0.1, 0.15) is 5.15 Å². The lowest BCUT2D eigenvalue weighted by molar-refractivity contribution is 0.00351. The summed E-state index contributed by atoms with van der Waals surface area (Å²) in [7, 11) is 0. The molecule has 1 saturated heterocycles. The number of carbonyl (C=O) groups excluding carboxylic acids is 1. The molecule has 0 aromatic carbocycles. The van der Waals surface area contributed by atoms with Crippen LogP contribution in [-0.4, -0.2) is 41.6 Å². The smallest absolute Gasteiger partial charge is 0.256 e. The van der Waals surface area contributed by atoms with E-state index in [0.29, 0.717) is 18.7 Å². The Morgan fingerprint density at radius 3 is 3.22 bits per heavy atom. The number of halogens is 1. The van der Waals surface area contributed by atoms with Crippen LogP contribution in [0.1, 0.15) is 10.4 Å². The largest absolute Gasteiger partial charge is 0.397 e. The molecule has 1 aliphatic rings. The van der Waals surface area contributed by atoms with Crippen molar-refractivity contribution in [3.8, 4) is 6.07 Å². The van der Waals surface area contributed by atoms with E-state index in [4.69, 9.17) is 27.3 Å². The van der Waals surface area contributed by atoms with Gasteiger partial charge in [0.05, 0.1) is 36.7 Å². The normalized spacial score (nSPS) is 19.3. The first-order valence-electron chi connectivity index (χ1n) is 5.33. The molecule has 2 rings (SSSR count). The molecule has 2 N–H and O–H groups in total. The van der Waals surface area contributed by atoms with Crippen molar-refractivity contribution in [2.45, 2.75) is 6.10 Å². The fraction of sp³-hybridized carbons (Fsp3) is 0.364. The number of ether oxygens (including phenoxy) is 1. The maximum absolute atomic E-state index is 12.2. The first kappa shape index (κ1) is 12.6. The maximum atomic E-state index is 12.2. The molecule has 6 nitrogen and oxygen atoms in total. The summed E-state index contributed by atoms with van der Waals surface area (Å²) in [6.07, 6.45) is 0.749. The Hall–Kier alpha value is -1.84. The summed E-state index contributed by atoms with van der Waals surface area (Å²) < 4.78 is 5.17. The number of anilines is 1. The minimum Gasteiger partial charge on any atom is -0.397 e. The van der Waals surface area contributed by atoms with Crippen LogP contribution in [-0.2, 0) is 4.74 Å². The summed E-state index contributed by atoms with van der Waals surface area (Å²) in [5.41, 5.74) is 6.27. The van der Waals surface area contributed by atoms with E-state index >= 15 is 0 Å². The van der Waals surface area contributed by atoms with Crippen LogP contribution in [0.25, 0.3) is 0 Å². The average molecular weight is 267 g/mol. The van der Waals surface area contributed by atoms with Crippen LogP contribution in [0.3, 0.4) is 0 Å². The lowest BCUT2D eigenvalue weighted by Crippen LogP contribution is -2.45. The molecule has 1 unspecified atom stereocenters. The average Bonchev–Trinajstić information content (AvgIpc) is 2.41. The van der Waals surface area contributed by atoms with E-state index in [2.05, 4.69) is 4.98 Å². The Morgan fingerprint density at radius 2 is 2.50 bits per heavy atom. The van der Waals surface area contributed by atoms with Crippen molar-refractivity contribution in [3.63, 3.8) is 0 Å². The summed E-state index contributed by atoms with van der Waals surface area (Å²) >= 11 is 5.74. The van der Waals surface area contributed by atoms with Crippen molar-refractivity contribution in [1.82, 2.24) is 9.88 Å². The predicted octanol–water partition coefficient (Wildman–Crippen LogP) is 0.682. The number of nitrogens with zero attached hydrogens (tertiary/aromatic N) is 3. The zero-order valence-corrected chi connectivity index (χ0v) is 10.2. The minimum absolute atomic E-state index is 0.206. The number of carbonyl (C=O) groups is 1. The molecule has 0 radical (unpaired) electrons. The molecule has 0 spiro atoms. The van der Waals surface area contributed by atoms with E-state index in [-0.39, 0.29) is 23.3 Å². The van der Waals surface area contributed by atoms with Gasteiger partial charge in [-0.15, -0.1) is 0 Å². The van der Waals surface area contributed by atoms with Gasteiger partial charge in [0.25, 0.3) is 5.91 Å². The molecule has 94 valence electrons. The molecule has 1 atom stereocenters. The lowest BCUT2D eigenvalue weighted by atomic mass is 10.2. The predicted molar refractivity (Wildman–Crippen MR) is 64.9 cm³/mol. The van der Waals surface area contributed by atoms with Gasteiger partial charge in [0, 0.05) is 6.54 Å². The zero-order valence-electron chi connectivity index (χ0n) is 9.47. The van der Waals surface area contributed by atoms with Crippen molar-refractivity contribution in [1.29, 1.82) is 5.26 Å². The van der Waals surface area contributed by atoms with Gasteiger partial charge in [-0.1, -0.05) is 11.6 Å². The van der Waals surface area contributed by atoms with Gasteiger partial charge in [0.15, 0.2) is 6.10 Å². The van der Waals surface area contributed by atoms with Crippen LogP contribution in [0, 0.1) is 11.3 Å². The van der Waals surface area contributed by atoms with E-state index in [1.807, 2.05) is 6.07 Å². The monoisotopic (exact) mass is 266 g/mol. The van der Waals surface area contributed by atoms with E-state index < -0.39 is 6.10 Å². The molecule has 18 heavy (non-hydrogen) atoms. The number of rotatable bonds is 1. The molecule has 1 fully saturated rings. The minimum atomic E-state index is -0.596. The third-order valence-corrected chi connectivity index (χ3v) is 2.84. The Balaban J connectivity index is 2.21. The standard InChI is InChI=1S/C11H11ClN4O2/c12-10-3-8(9(14)5-15-10)11(17)16-1-2-18-7(4-13)6-16/h3,5,7H,1-2,6,14H2. The summed E-state index contributed by atoms with van der Waals surface area (Å²) in [5, 5.41) is 9.00. The number of morpholine rings is 1. The number of nitrogens with two attached hydrogens (primary N) is 1. The van der Waals surface area contributed by atoms with Crippen LogP contribution in [0.15, 0.2) is 12.3 Å². The quantitative estimate of drug-likeness (QED) is 0.755. The third-order valence-electron chi connectivity index (χ3n) is 2.63. The molecular weight excluding hydrogens is 256 g/mol. The molecule has 1 aromatic rings. The highest BCUT2D eigenvalue weighted by Gasteiger charge is 2.26. The Bertz CT molecular complexity index is 514. The number of hydrogen-bond acceptors (Lipinski definition) is 5. The molecule has 0 saturated carbocycles. The molecule has 1 aromatic heterocycles. The van der Waals surface area contributed by atoms with Crippen molar-refractivity contribution in [2.24, 2.45) is 0 Å². The highest BCUT2D eigenvalue weighted by molar-refractivity contribution is 6.29. The van der Waals surface area contributed by atoms with Crippen molar-refractivity contribution < 1.29 is 9.53 Å². The molecule has 7 heteroatoms. The number of amides is 1. The van der Waals surface area contributed by atoms with Crippen molar-refractivity contribution in [2.75, 3.05) is 25.4 Å². The molecule has 1 amide bonds. The molecule has 1 aliphatic heterocycles. The van der Waals surface area contributed by atoms with Crippen LogP contribution in [0.5, 0.6) is 0 Å². The van der Waals surface area contributed by atoms with Gasteiger partial charge in [-0.25, -0.2) is 4.98 Å². The summed E-state index contributed by atoms with van der Waals surface area (Å²) in [6, 6.07) is 3.41. The van der Waals surface area contributed by atoms with Crippen LogP contribution in [0.2, 0.25) is 5.15 Å². The molecular formula is C11H11ClN4O2. The SMILES string of the molecule is N#CC1CN(C(=O)c2cc(Cl)ncc2N)CCO1. The van der Waals surface area contributed by atoms with Gasteiger partial charge in [-0.3, -0.25) is 4.79 Å². The van der Waals surface area contributed by atoms with Crippen LogP contribution < -0.4 is 5.73 Å². The third kappa shape index (κ3) is 2.53. The van der Waals surface area contributed by atoms with E-state index in [1.165, 1.54) is 17.2 Å². The summed E-state index contributed by atoms with van der Waals surface area (Å²) in [6.45, 7) is 0.994. The number of pyridine rings is 1.